The molecule has 0 saturated heterocycles. The number of aromatic nitrogens is 2. The smallest absolute Gasteiger partial charge is 0.137 e. The summed E-state index contributed by atoms with van der Waals surface area (Å²) in [5.74, 6) is 0. The molecule has 0 atom stereocenters. The second kappa shape index (κ2) is 2.82. The molecule has 3 heteroatoms. The summed E-state index contributed by atoms with van der Waals surface area (Å²) in [6.45, 7) is 0.600. The van der Waals surface area contributed by atoms with Crippen LogP contribution in [-0.4, -0.2) is 9.38 Å². The number of nitrogens with zero attached hydrogens (tertiary/aromatic N) is 2. The van der Waals surface area contributed by atoms with Gasteiger partial charge in [0, 0.05) is 18.4 Å². The number of imidazole rings is 1. The number of rotatable bonds is 1. The second-order valence-electron chi connectivity index (χ2n) is 3.83. The van der Waals surface area contributed by atoms with Gasteiger partial charge >= 0.3 is 0 Å². The summed E-state index contributed by atoms with van der Waals surface area (Å²) >= 11 is 0. The number of fused-ring (bicyclic) bond motifs is 3. The average Bonchev–Trinajstić information content (AvgIpc) is 2.76. The van der Waals surface area contributed by atoms with Crippen molar-refractivity contribution in [3.63, 3.8) is 0 Å². The fraction of sp³-hybridized carbons (Fsp3) is 0.364. The Morgan fingerprint density at radius 1 is 1.36 bits per heavy atom. The Kier molecular flexibility index (Phi) is 1.61. The molecule has 72 valence electrons. The monoisotopic (exact) mass is 187 g/mol. The first-order valence-corrected chi connectivity index (χ1v) is 5.07. The van der Waals surface area contributed by atoms with Gasteiger partial charge in [0.2, 0.25) is 0 Å². The van der Waals surface area contributed by atoms with Gasteiger partial charge in [-0.05, 0) is 30.9 Å². The van der Waals surface area contributed by atoms with Crippen LogP contribution >= 0.6 is 0 Å². The van der Waals surface area contributed by atoms with Crippen LogP contribution in [0.4, 0.5) is 0 Å². The van der Waals surface area contributed by atoms with Gasteiger partial charge in [0.25, 0.3) is 0 Å². The minimum atomic E-state index is 0.600. The quantitative estimate of drug-likeness (QED) is 0.730. The summed E-state index contributed by atoms with van der Waals surface area (Å²) in [7, 11) is 0. The largest absolute Gasteiger partial charge is 0.326 e. The van der Waals surface area contributed by atoms with Crippen LogP contribution in [0.15, 0.2) is 18.3 Å². The average molecular weight is 187 g/mol. The predicted octanol–water partition coefficient (Wildman–Crippen LogP) is 1.28. The zero-order valence-corrected chi connectivity index (χ0v) is 8.03. The maximum Gasteiger partial charge on any atom is 0.137 e. The third-order valence-corrected chi connectivity index (χ3v) is 2.92. The zero-order chi connectivity index (χ0) is 9.54. The molecule has 3 rings (SSSR count). The first kappa shape index (κ1) is 8.00. The van der Waals surface area contributed by atoms with E-state index in [1.165, 1.54) is 23.4 Å². The van der Waals surface area contributed by atoms with Crippen molar-refractivity contribution in [3.05, 3.63) is 35.3 Å². The minimum absolute atomic E-state index is 0.600. The van der Waals surface area contributed by atoms with E-state index in [4.69, 9.17) is 5.73 Å². The third kappa shape index (κ3) is 0.990. The van der Waals surface area contributed by atoms with Crippen LogP contribution in [0.2, 0.25) is 0 Å². The predicted molar refractivity (Wildman–Crippen MR) is 55.1 cm³/mol. The van der Waals surface area contributed by atoms with Gasteiger partial charge in [0.1, 0.15) is 5.65 Å². The first-order valence-electron chi connectivity index (χ1n) is 5.07. The van der Waals surface area contributed by atoms with Crippen LogP contribution in [-0.2, 0) is 19.4 Å². The van der Waals surface area contributed by atoms with Gasteiger partial charge in [-0.2, -0.15) is 0 Å². The highest BCUT2D eigenvalue weighted by molar-refractivity contribution is 5.45. The highest BCUT2D eigenvalue weighted by Crippen LogP contribution is 2.22. The Hall–Kier alpha value is -1.35. The van der Waals surface area contributed by atoms with E-state index in [1.54, 1.807) is 0 Å². The van der Waals surface area contributed by atoms with E-state index in [2.05, 4.69) is 27.7 Å². The topological polar surface area (TPSA) is 43.3 Å². The highest BCUT2D eigenvalue weighted by Gasteiger charge is 2.17. The van der Waals surface area contributed by atoms with Crippen LogP contribution < -0.4 is 5.73 Å². The lowest BCUT2D eigenvalue weighted by molar-refractivity contribution is 0.865. The zero-order valence-electron chi connectivity index (χ0n) is 8.03. The number of hydrogen-bond acceptors (Lipinski definition) is 2. The molecule has 0 fully saturated rings. The normalized spacial score (nSPS) is 14.9. The molecule has 2 aromatic rings. The first-order chi connectivity index (χ1) is 6.88. The summed E-state index contributed by atoms with van der Waals surface area (Å²) in [6, 6.07) is 4.11. The van der Waals surface area contributed by atoms with Crippen molar-refractivity contribution >= 4 is 5.65 Å². The lowest BCUT2D eigenvalue weighted by Gasteiger charge is -2.00. The fourth-order valence-corrected chi connectivity index (χ4v) is 2.19. The Bertz CT molecular complexity index is 484. The standard InChI is InChI=1S/C11H13N3/c12-6-8-4-5-11-13-9-2-1-3-10(9)14(11)7-8/h4-5,7H,1-3,6,12H2. The van der Waals surface area contributed by atoms with Crippen molar-refractivity contribution in [2.75, 3.05) is 0 Å². The summed E-state index contributed by atoms with van der Waals surface area (Å²) in [4.78, 5) is 4.59. The molecule has 0 spiro atoms. The molecule has 0 bridgehead atoms. The SMILES string of the molecule is NCc1ccc2nc3c(n2c1)CCC3. The molecule has 0 aromatic carbocycles. The van der Waals surface area contributed by atoms with E-state index in [-0.39, 0.29) is 0 Å². The highest BCUT2D eigenvalue weighted by atomic mass is 15.0. The molecule has 0 aliphatic heterocycles. The van der Waals surface area contributed by atoms with Crippen LogP contribution in [0.5, 0.6) is 0 Å². The number of aryl methyl sites for hydroxylation is 2. The van der Waals surface area contributed by atoms with Crippen molar-refractivity contribution in [2.45, 2.75) is 25.8 Å². The lowest BCUT2D eigenvalue weighted by Crippen LogP contribution is -1.99. The maximum atomic E-state index is 5.62. The number of hydrogen-bond donors (Lipinski definition) is 1. The van der Waals surface area contributed by atoms with E-state index in [0.29, 0.717) is 6.54 Å². The van der Waals surface area contributed by atoms with Crippen molar-refractivity contribution < 1.29 is 0 Å². The molecule has 14 heavy (non-hydrogen) atoms. The molecular weight excluding hydrogens is 174 g/mol. The Morgan fingerprint density at radius 3 is 3.14 bits per heavy atom. The molecule has 0 saturated carbocycles. The van der Waals surface area contributed by atoms with Crippen LogP contribution in [0.25, 0.3) is 5.65 Å². The van der Waals surface area contributed by atoms with E-state index in [1.807, 2.05) is 0 Å². The van der Waals surface area contributed by atoms with Crippen molar-refractivity contribution in [2.24, 2.45) is 5.73 Å². The van der Waals surface area contributed by atoms with Crippen molar-refractivity contribution in [3.8, 4) is 0 Å². The van der Waals surface area contributed by atoms with Gasteiger partial charge in [0.05, 0.1) is 5.69 Å². The lowest BCUT2D eigenvalue weighted by atomic mass is 10.3. The van der Waals surface area contributed by atoms with Crippen LogP contribution in [0.3, 0.4) is 0 Å². The Balaban J connectivity index is 2.29. The van der Waals surface area contributed by atoms with E-state index >= 15 is 0 Å². The number of pyridine rings is 1. The molecular formula is C11H13N3. The molecule has 2 aromatic heterocycles. The summed E-state index contributed by atoms with van der Waals surface area (Å²) in [5, 5.41) is 0. The van der Waals surface area contributed by atoms with Gasteiger partial charge in [-0.15, -0.1) is 0 Å². The van der Waals surface area contributed by atoms with Crippen LogP contribution in [0.1, 0.15) is 23.4 Å². The molecule has 0 radical (unpaired) electrons. The maximum absolute atomic E-state index is 5.62. The fourth-order valence-electron chi connectivity index (χ4n) is 2.19. The molecule has 1 aliphatic carbocycles. The molecule has 3 nitrogen and oxygen atoms in total. The molecule has 0 unspecified atom stereocenters. The van der Waals surface area contributed by atoms with Gasteiger partial charge in [-0.3, -0.25) is 0 Å². The van der Waals surface area contributed by atoms with E-state index in [9.17, 15) is 0 Å². The molecule has 2 N–H and O–H groups in total. The van der Waals surface area contributed by atoms with Gasteiger partial charge in [-0.25, -0.2) is 4.98 Å². The summed E-state index contributed by atoms with van der Waals surface area (Å²) in [5.41, 5.74) is 10.5. The summed E-state index contributed by atoms with van der Waals surface area (Å²) in [6.07, 6.45) is 5.65. The minimum Gasteiger partial charge on any atom is -0.326 e. The molecule has 1 aliphatic rings. The van der Waals surface area contributed by atoms with E-state index < -0.39 is 0 Å². The Labute approximate surface area is 82.6 Å². The number of nitrogens with two attached hydrogens (primary N) is 1. The van der Waals surface area contributed by atoms with Crippen molar-refractivity contribution in [1.82, 2.24) is 9.38 Å². The van der Waals surface area contributed by atoms with Gasteiger partial charge in [-0.1, -0.05) is 6.07 Å². The Morgan fingerprint density at radius 2 is 2.29 bits per heavy atom. The molecule has 2 heterocycles. The van der Waals surface area contributed by atoms with Gasteiger partial charge in [0.15, 0.2) is 0 Å². The molecule has 0 amide bonds. The second-order valence-corrected chi connectivity index (χ2v) is 3.83. The van der Waals surface area contributed by atoms with Gasteiger partial charge < -0.3 is 10.1 Å². The van der Waals surface area contributed by atoms with Crippen LogP contribution in [0, 0.1) is 0 Å². The third-order valence-electron chi connectivity index (χ3n) is 2.92. The van der Waals surface area contributed by atoms with Crippen molar-refractivity contribution in [1.29, 1.82) is 0 Å². The van der Waals surface area contributed by atoms with E-state index in [0.717, 1.165) is 18.5 Å². The summed E-state index contributed by atoms with van der Waals surface area (Å²) < 4.78 is 2.20.